The molecule has 0 aliphatic carbocycles. The Morgan fingerprint density at radius 2 is 1.20 bits per heavy atom. The summed E-state index contributed by atoms with van der Waals surface area (Å²) in [4.78, 5) is 8.80. The van der Waals surface area contributed by atoms with Gasteiger partial charge in [0, 0.05) is 0 Å². The second-order valence-corrected chi connectivity index (χ2v) is 4.62. The van der Waals surface area contributed by atoms with E-state index in [2.05, 4.69) is 16.5 Å². The highest BCUT2D eigenvalue weighted by Gasteiger charge is 2.09. The molecule has 0 radical (unpaired) electrons. The fourth-order valence-corrected chi connectivity index (χ4v) is 2.45. The zero-order chi connectivity index (χ0) is 13.5. The molecule has 0 amide bonds. The maximum Gasteiger partial charge on any atom is 0.116 e. The Morgan fingerprint density at radius 3 is 1.70 bits per heavy atom. The van der Waals surface area contributed by atoms with Crippen LogP contribution in [0.4, 0.5) is 0 Å². The number of aromatic nitrogens is 4. The van der Waals surface area contributed by atoms with Gasteiger partial charge in [0.15, 0.2) is 0 Å². The van der Waals surface area contributed by atoms with Gasteiger partial charge < -0.3 is 0 Å². The van der Waals surface area contributed by atoms with Crippen LogP contribution in [-0.4, -0.2) is 19.1 Å². The van der Waals surface area contributed by atoms with Crippen LogP contribution in [-0.2, 0) is 0 Å². The Hall–Kier alpha value is -2.88. The maximum atomic E-state index is 4.40. The van der Waals surface area contributed by atoms with Gasteiger partial charge in [-0.15, -0.1) is 0 Å². The molecule has 2 heterocycles. The second-order valence-electron chi connectivity index (χ2n) is 4.62. The monoisotopic (exact) mass is 260 g/mol. The molecule has 0 aliphatic heterocycles. The first-order valence-electron chi connectivity index (χ1n) is 6.38. The van der Waals surface area contributed by atoms with E-state index < -0.39 is 0 Å². The quantitative estimate of drug-likeness (QED) is 0.555. The predicted octanol–water partition coefficient (Wildman–Crippen LogP) is 3.18. The third kappa shape index (κ3) is 1.48. The molecule has 0 bridgehead atoms. The standard InChI is InChI=1S/C16H12N4/c1-12(19-10-17-13-6-2-4-8-15(13)19)20-11-18-14-7-3-5-9-16(14)20/h2-11H,1H2. The molecule has 4 aromatic rings. The van der Waals surface area contributed by atoms with Gasteiger partial charge in [0.25, 0.3) is 0 Å². The lowest BCUT2D eigenvalue weighted by atomic mass is 10.3. The SMILES string of the molecule is C=C(n1cnc2ccccc21)n1cnc2ccccc21. The van der Waals surface area contributed by atoms with Gasteiger partial charge in [0.2, 0.25) is 0 Å². The van der Waals surface area contributed by atoms with Gasteiger partial charge in [0.05, 0.1) is 22.1 Å². The number of fused-ring (bicyclic) bond motifs is 2. The second kappa shape index (κ2) is 4.06. The van der Waals surface area contributed by atoms with Crippen molar-refractivity contribution in [2.75, 3.05) is 0 Å². The lowest BCUT2D eigenvalue weighted by Crippen LogP contribution is -2.07. The zero-order valence-electron chi connectivity index (χ0n) is 10.8. The Morgan fingerprint density at radius 1 is 0.750 bits per heavy atom. The molecule has 0 spiro atoms. The molecule has 0 N–H and O–H groups in total. The summed E-state index contributed by atoms with van der Waals surface area (Å²) in [6.07, 6.45) is 3.59. The molecular weight excluding hydrogens is 248 g/mol. The van der Waals surface area contributed by atoms with Crippen molar-refractivity contribution in [3.05, 3.63) is 73.6 Å². The summed E-state index contributed by atoms with van der Waals surface area (Å²) in [7, 11) is 0. The van der Waals surface area contributed by atoms with Gasteiger partial charge in [0.1, 0.15) is 18.5 Å². The average molecular weight is 260 g/mol. The van der Waals surface area contributed by atoms with Gasteiger partial charge >= 0.3 is 0 Å². The van der Waals surface area contributed by atoms with Crippen LogP contribution >= 0.6 is 0 Å². The van der Waals surface area contributed by atoms with E-state index in [0.29, 0.717) is 0 Å². The number of para-hydroxylation sites is 4. The minimum atomic E-state index is 0.812. The lowest BCUT2D eigenvalue weighted by molar-refractivity contribution is 0.795. The average Bonchev–Trinajstić information content (AvgIpc) is 3.11. The molecule has 0 fully saturated rings. The van der Waals surface area contributed by atoms with Gasteiger partial charge in [-0.2, -0.15) is 0 Å². The van der Waals surface area contributed by atoms with E-state index in [-0.39, 0.29) is 0 Å². The van der Waals surface area contributed by atoms with Crippen molar-refractivity contribution in [2.24, 2.45) is 0 Å². The number of imidazole rings is 2. The first-order valence-corrected chi connectivity index (χ1v) is 6.38. The van der Waals surface area contributed by atoms with Gasteiger partial charge in [-0.1, -0.05) is 30.8 Å². The molecule has 4 rings (SSSR count). The zero-order valence-corrected chi connectivity index (χ0v) is 10.8. The minimum absolute atomic E-state index is 0.812. The Bertz CT molecular complexity index is 854. The molecule has 4 heteroatoms. The minimum Gasteiger partial charge on any atom is -0.285 e. The van der Waals surface area contributed by atoms with Crippen molar-refractivity contribution in [3.63, 3.8) is 0 Å². The Kier molecular flexibility index (Phi) is 2.23. The topological polar surface area (TPSA) is 35.6 Å². The molecule has 2 aromatic carbocycles. The Balaban J connectivity index is 1.92. The highest BCUT2D eigenvalue weighted by molar-refractivity contribution is 5.77. The summed E-state index contributed by atoms with van der Waals surface area (Å²) < 4.78 is 3.95. The largest absolute Gasteiger partial charge is 0.285 e. The maximum absolute atomic E-state index is 4.40. The summed E-state index contributed by atoms with van der Waals surface area (Å²) in [6.45, 7) is 4.19. The van der Waals surface area contributed by atoms with Gasteiger partial charge in [-0.05, 0) is 24.3 Å². The fraction of sp³-hybridized carbons (Fsp3) is 0. The summed E-state index contributed by atoms with van der Waals surface area (Å²) in [6, 6.07) is 16.0. The summed E-state index contributed by atoms with van der Waals surface area (Å²) >= 11 is 0. The molecule has 96 valence electrons. The lowest BCUT2D eigenvalue weighted by Gasteiger charge is -2.10. The van der Waals surface area contributed by atoms with E-state index in [9.17, 15) is 0 Å². The molecule has 0 aliphatic rings. The molecular formula is C16H12N4. The van der Waals surface area contributed by atoms with Crippen LogP contribution in [0, 0.1) is 5.82 Å². The molecule has 4 nitrogen and oxygen atoms in total. The van der Waals surface area contributed by atoms with E-state index in [0.717, 1.165) is 27.9 Å². The number of nitrogens with zero attached hydrogens (tertiary/aromatic N) is 4. The Labute approximate surface area is 115 Å². The van der Waals surface area contributed by atoms with Crippen LogP contribution in [0.2, 0.25) is 0 Å². The van der Waals surface area contributed by atoms with Crippen LogP contribution in [0.1, 0.15) is 0 Å². The first kappa shape index (κ1) is 11.0. The number of benzene rings is 2. The van der Waals surface area contributed by atoms with Gasteiger partial charge in [-0.3, -0.25) is 9.13 Å². The fourth-order valence-electron chi connectivity index (χ4n) is 2.45. The predicted molar refractivity (Wildman–Crippen MR) is 79.1 cm³/mol. The third-order valence-corrected chi connectivity index (χ3v) is 3.46. The molecule has 0 unspecified atom stereocenters. The van der Waals surface area contributed by atoms with Crippen molar-refractivity contribution < 1.29 is 0 Å². The van der Waals surface area contributed by atoms with Crippen molar-refractivity contribution in [3.8, 4) is 0 Å². The number of hydrogen-bond acceptors (Lipinski definition) is 2. The molecule has 0 saturated heterocycles. The van der Waals surface area contributed by atoms with E-state index in [1.165, 1.54) is 0 Å². The molecule has 0 saturated carbocycles. The number of rotatable bonds is 2. The van der Waals surface area contributed by atoms with Crippen LogP contribution in [0.15, 0.2) is 67.8 Å². The summed E-state index contributed by atoms with van der Waals surface area (Å²) in [5, 5.41) is 0. The van der Waals surface area contributed by atoms with E-state index >= 15 is 0 Å². The normalized spacial score (nSPS) is 11.2. The third-order valence-electron chi connectivity index (χ3n) is 3.46. The van der Waals surface area contributed by atoms with Crippen molar-refractivity contribution in [2.45, 2.75) is 0 Å². The van der Waals surface area contributed by atoms with Crippen LogP contribution in [0.5, 0.6) is 0 Å². The highest BCUT2D eigenvalue weighted by atomic mass is 15.2. The van der Waals surface area contributed by atoms with Crippen LogP contribution in [0.25, 0.3) is 22.1 Å². The van der Waals surface area contributed by atoms with Crippen LogP contribution in [0.3, 0.4) is 0 Å². The molecule has 0 atom stereocenters. The van der Waals surface area contributed by atoms with E-state index in [4.69, 9.17) is 0 Å². The van der Waals surface area contributed by atoms with Crippen molar-refractivity contribution in [1.29, 1.82) is 0 Å². The summed E-state index contributed by atoms with van der Waals surface area (Å²) in [5.41, 5.74) is 3.99. The van der Waals surface area contributed by atoms with Crippen molar-refractivity contribution in [1.82, 2.24) is 19.1 Å². The highest BCUT2D eigenvalue weighted by Crippen LogP contribution is 2.18. The molecule has 2 aromatic heterocycles. The van der Waals surface area contributed by atoms with E-state index in [1.807, 2.05) is 57.7 Å². The molecule has 20 heavy (non-hydrogen) atoms. The number of hydrogen-bond donors (Lipinski definition) is 0. The van der Waals surface area contributed by atoms with Crippen molar-refractivity contribution >= 4 is 22.1 Å². The summed E-state index contributed by atoms with van der Waals surface area (Å²) in [5.74, 6) is 0.812. The van der Waals surface area contributed by atoms with Crippen LogP contribution < -0.4 is 0 Å². The smallest absolute Gasteiger partial charge is 0.116 e. The van der Waals surface area contributed by atoms with E-state index in [1.54, 1.807) is 12.7 Å². The first-order chi connectivity index (χ1) is 9.84. The van der Waals surface area contributed by atoms with Gasteiger partial charge in [-0.25, -0.2) is 9.97 Å².